The molecule has 1 aromatic heterocycles. The number of methoxy groups -OCH3 is 1. The Balaban J connectivity index is 2.55. The molecule has 2 amide bonds. The summed E-state index contributed by atoms with van der Waals surface area (Å²) >= 11 is 11.0. The predicted octanol–water partition coefficient (Wildman–Crippen LogP) is 0.892. The minimum atomic E-state index is -1.23. The molecule has 1 heterocycles. The van der Waals surface area contributed by atoms with Gasteiger partial charge in [0, 0.05) is 19.7 Å². The van der Waals surface area contributed by atoms with Gasteiger partial charge in [-0.25, -0.2) is 0 Å². The van der Waals surface area contributed by atoms with E-state index in [1.165, 1.54) is 24.3 Å². The van der Waals surface area contributed by atoms with Crippen LogP contribution in [0.5, 0.6) is 0 Å². The second-order valence-electron chi connectivity index (χ2n) is 3.49. The van der Waals surface area contributed by atoms with Crippen molar-refractivity contribution in [1.82, 2.24) is 10.1 Å². The second kappa shape index (κ2) is 7.98. The predicted molar refractivity (Wildman–Crippen MR) is 69.1 cm³/mol. The van der Waals surface area contributed by atoms with Crippen LogP contribution in [0.4, 0.5) is 5.82 Å². The van der Waals surface area contributed by atoms with E-state index < -0.39 is 16.7 Å². The largest absolute Gasteiger partial charge is 0.383 e. The third-order valence-electron chi connectivity index (χ3n) is 2.10. The zero-order valence-corrected chi connectivity index (χ0v) is 11.6. The summed E-state index contributed by atoms with van der Waals surface area (Å²) in [7, 11) is 1.48. The minimum absolute atomic E-state index is 0.203. The maximum atomic E-state index is 11.7. The molecule has 19 heavy (non-hydrogen) atoms. The van der Waals surface area contributed by atoms with E-state index in [1.54, 1.807) is 0 Å². The number of carbonyl (C=O) groups is 2. The highest BCUT2D eigenvalue weighted by Gasteiger charge is 2.22. The van der Waals surface area contributed by atoms with Crippen molar-refractivity contribution in [2.75, 3.05) is 32.1 Å². The zero-order chi connectivity index (χ0) is 14.3. The van der Waals surface area contributed by atoms with E-state index in [4.69, 9.17) is 27.9 Å². The third kappa shape index (κ3) is 5.46. The molecule has 0 saturated carbocycles. The summed E-state index contributed by atoms with van der Waals surface area (Å²) < 4.78 is 9.41. The van der Waals surface area contributed by atoms with Gasteiger partial charge in [-0.05, 0) is 0 Å². The van der Waals surface area contributed by atoms with E-state index in [9.17, 15) is 9.59 Å². The Morgan fingerprint density at radius 2 is 2.32 bits per heavy atom. The first-order valence-electron chi connectivity index (χ1n) is 5.30. The van der Waals surface area contributed by atoms with Gasteiger partial charge in [-0.15, -0.1) is 0 Å². The first-order valence-corrected chi connectivity index (χ1v) is 6.18. The zero-order valence-electron chi connectivity index (χ0n) is 10.1. The van der Waals surface area contributed by atoms with Gasteiger partial charge in [0.15, 0.2) is 10.7 Å². The molecule has 7 nitrogen and oxygen atoms in total. The molecule has 0 saturated heterocycles. The number of aromatic nitrogens is 1. The Hall–Kier alpha value is -1.31. The minimum Gasteiger partial charge on any atom is -0.383 e. The molecular formula is C10H13Cl2N3O4. The summed E-state index contributed by atoms with van der Waals surface area (Å²) in [6.07, 6.45) is 1.32. The molecule has 0 fully saturated rings. The monoisotopic (exact) mass is 309 g/mol. The van der Waals surface area contributed by atoms with Gasteiger partial charge >= 0.3 is 0 Å². The van der Waals surface area contributed by atoms with E-state index in [-0.39, 0.29) is 25.5 Å². The number of alkyl halides is 2. The van der Waals surface area contributed by atoms with Crippen molar-refractivity contribution in [1.29, 1.82) is 0 Å². The molecule has 0 aliphatic rings. The van der Waals surface area contributed by atoms with Gasteiger partial charge in [0.2, 0.25) is 5.91 Å². The number of nitrogens with one attached hydrogen (secondary N) is 1. The van der Waals surface area contributed by atoms with Crippen molar-refractivity contribution in [3.8, 4) is 0 Å². The van der Waals surface area contributed by atoms with Crippen molar-refractivity contribution in [3.05, 3.63) is 12.3 Å². The lowest BCUT2D eigenvalue weighted by atomic mass is 10.4. The van der Waals surface area contributed by atoms with Crippen LogP contribution in [0.3, 0.4) is 0 Å². The Morgan fingerprint density at radius 1 is 1.58 bits per heavy atom. The molecular weight excluding hydrogens is 297 g/mol. The molecule has 0 spiro atoms. The van der Waals surface area contributed by atoms with Gasteiger partial charge in [-0.1, -0.05) is 28.4 Å². The van der Waals surface area contributed by atoms with Gasteiger partial charge < -0.3 is 19.5 Å². The fourth-order valence-corrected chi connectivity index (χ4v) is 1.52. The summed E-state index contributed by atoms with van der Waals surface area (Å²) in [6.45, 7) is 0.270. The van der Waals surface area contributed by atoms with E-state index in [0.717, 1.165) is 0 Å². The second-order valence-corrected chi connectivity index (χ2v) is 4.58. The number of hydrogen-bond donors (Lipinski definition) is 1. The van der Waals surface area contributed by atoms with Crippen molar-refractivity contribution < 1.29 is 18.8 Å². The van der Waals surface area contributed by atoms with Crippen LogP contribution < -0.4 is 5.32 Å². The number of amides is 2. The van der Waals surface area contributed by atoms with Crippen LogP contribution in [0.2, 0.25) is 0 Å². The first kappa shape index (κ1) is 15.7. The van der Waals surface area contributed by atoms with Crippen LogP contribution in [-0.4, -0.2) is 53.5 Å². The molecule has 1 rings (SSSR count). The number of ether oxygens (including phenoxy) is 1. The quantitative estimate of drug-likeness (QED) is 0.756. The molecule has 0 aliphatic heterocycles. The Labute approximate surface area is 119 Å². The topological polar surface area (TPSA) is 84.7 Å². The van der Waals surface area contributed by atoms with Crippen molar-refractivity contribution >= 4 is 40.8 Å². The van der Waals surface area contributed by atoms with Crippen molar-refractivity contribution in [3.63, 3.8) is 0 Å². The van der Waals surface area contributed by atoms with Crippen molar-refractivity contribution in [2.45, 2.75) is 4.84 Å². The third-order valence-corrected chi connectivity index (χ3v) is 2.48. The van der Waals surface area contributed by atoms with Crippen LogP contribution in [-0.2, 0) is 14.3 Å². The molecule has 0 aliphatic carbocycles. The molecule has 1 aromatic rings. The molecule has 0 atom stereocenters. The number of carbonyl (C=O) groups excluding carboxylic acids is 2. The molecule has 0 aromatic carbocycles. The fourth-order valence-electron chi connectivity index (χ4n) is 1.24. The fraction of sp³-hybridized carbons (Fsp3) is 0.500. The van der Waals surface area contributed by atoms with Crippen molar-refractivity contribution in [2.24, 2.45) is 0 Å². The van der Waals surface area contributed by atoms with Gasteiger partial charge in [0.05, 0.1) is 6.61 Å². The van der Waals surface area contributed by atoms with E-state index >= 15 is 0 Å². The number of anilines is 1. The summed E-state index contributed by atoms with van der Waals surface area (Å²) in [4.78, 5) is 23.3. The number of nitrogens with zero attached hydrogens (tertiary/aromatic N) is 2. The number of halogens is 2. The van der Waals surface area contributed by atoms with E-state index in [0.29, 0.717) is 0 Å². The summed E-state index contributed by atoms with van der Waals surface area (Å²) in [6, 6.07) is 1.48. The summed E-state index contributed by atoms with van der Waals surface area (Å²) in [5.41, 5.74) is 0. The van der Waals surface area contributed by atoms with E-state index in [1.807, 2.05) is 0 Å². The Bertz CT molecular complexity index is 411. The van der Waals surface area contributed by atoms with Crippen LogP contribution in [0, 0.1) is 0 Å². The van der Waals surface area contributed by atoms with Crippen LogP contribution in [0.25, 0.3) is 0 Å². The Kier molecular flexibility index (Phi) is 6.61. The first-order chi connectivity index (χ1) is 9.04. The number of hydrogen-bond acceptors (Lipinski definition) is 5. The van der Waals surface area contributed by atoms with Gasteiger partial charge in [0.25, 0.3) is 5.91 Å². The standard InChI is InChI=1S/C10H13Cl2N3O4/c1-18-5-3-15(10(17)9(11)12)6-8(16)13-7-2-4-19-14-7/h2,4,9H,3,5-6H2,1H3,(H,13,14,16). The highest BCUT2D eigenvalue weighted by molar-refractivity contribution is 6.53. The SMILES string of the molecule is COCCN(CC(=O)Nc1ccon1)C(=O)C(Cl)Cl. The molecule has 1 N–H and O–H groups in total. The van der Waals surface area contributed by atoms with Gasteiger partial charge in [0.1, 0.15) is 12.8 Å². The molecule has 0 bridgehead atoms. The molecule has 106 valence electrons. The lowest BCUT2D eigenvalue weighted by Gasteiger charge is -2.21. The van der Waals surface area contributed by atoms with E-state index in [2.05, 4.69) is 15.0 Å². The highest BCUT2D eigenvalue weighted by Crippen LogP contribution is 2.08. The van der Waals surface area contributed by atoms with Crippen LogP contribution in [0.1, 0.15) is 0 Å². The van der Waals surface area contributed by atoms with Gasteiger partial charge in [-0.3, -0.25) is 9.59 Å². The molecule has 9 heteroatoms. The van der Waals surface area contributed by atoms with Crippen LogP contribution in [0.15, 0.2) is 16.9 Å². The summed E-state index contributed by atoms with van der Waals surface area (Å²) in [5.74, 6) is -0.736. The maximum Gasteiger partial charge on any atom is 0.256 e. The maximum absolute atomic E-state index is 11.7. The molecule has 0 unspecified atom stereocenters. The average Bonchev–Trinajstić information content (AvgIpc) is 2.86. The lowest BCUT2D eigenvalue weighted by Crippen LogP contribution is -2.42. The summed E-state index contributed by atoms with van der Waals surface area (Å²) in [5, 5.41) is 5.98. The number of rotatable bonds is 7. The highest BCUT2D eigenvalue weighted by atomic mass is 35.5. The van der Waals surface area contributed by atoms with Gasteiger partial charge in [-0.2, -0.15) is 0 Å². The van der Waals surface area contributed by atoms with Crippen LogP contribution >= 0.6 is 23.2 Å². The average molecular weight is 310 g/mol. The Morgan fingerprint density at radius 3 is 2.84 bits per heavy atom. The smallest absolute Gasteiger partial charge is 0.256 e. The molecule has 0 radical (unpaired) electrons. The lowest BCUT2D eigenvalue weighted by molar-refractivity contribution is -0.133. The normalized spacial score (nSPS) is 10.5.